The predicted octanol–water partition coefficient (Wildman–Crippen LogP) is 4.38. The van der Waals surface area contributed by atoms with E-state index in [1.165, 1.54) is 11.1 Å². The highest BCUT2D eigenvalue weighted by Gasteiger charge is 2.07. The first-order chi connectivity index (χ1) is 8.61. The summed E-state index contributed by atoms with van der Waals surface area (Å²) in [6.07, 6.45) is 2.00. The Balaban J connectivity index is 2.59. The first-order valence-corrected chi connectivity index (χ1v) is 6.69. The topological polar surface area (TPSA) is 28.7 Å². The quantitative estimate of drug-likeness (QED) is 0.828. The first-order valence-electron chi connectivity index (χ1n) is 6.28. The molecule has 0 bridgehead atoms. The van der Waals surface area contributed by atoms with Gasteiger partial charge in [-0.05, 0) is 31.9 Å². The van der Waals surface area contributed by atoms with Crippen LogP contribution < -0.4 is 0 Å². The first kappa shape index (κ1) is 13.0. The van der Waals surface area contributed by atoms with Gasteiger partial charge in [0.15, 0.2) is 0 Å². The van der Waals surface area contributed by atoms with Crippen molar-refractivity contribution in [1.29, 1.82) is 0 Å². The van der Waals surface area contributed by atoms with Gasteiger partial charge in [0.2, 0.25) is 0 Å². The van der Waals surface area contributed by atoms with Gasteiger partial charge < -0.3 is 4.98 Å². The molecule has 18 heavy (non-hydrogen) atoms. The van der Waals surface area contributed by atoms with Crippen LogP contribution in [0.15, 0.2) is 24.3 Å². The van der Waals surface area contributed by atoms with E-state index in [1.807, 2.05) is 6.92 Å². The lowest BCUT2D eigenvalue weighted by atomic mass is 10.1. The van der Waals surface area contributed by atoms with Gasteiger partial charge >= 0.3 is 0 Å². The lowest BCUT2D eigenvalue weighted by Crippen LogP contribution is -2.00. The molecule has 2 aromatic rings. The maximum atomic E-state index is 5.34. The molecule has 0 aliphatic carbocycles. The second kappa shape index (κ2) is 5.44. The number of aromatic nitrogens is 2. The highest BCUT2D eigenvalue weighted by atomic mass is 32.1. The van der Waals surface area contributed by atoms with Crippen molar-refractivity contribution >= 4 is 12.2 Å². The van der Waals surface area contributed by atoms with Gasteiger partial charge in [0.25, 0.3) is 0 Å². The third-order valence-electron chi connectivity index (χ3n) is 3.00. The molecule has 1 aromatic heterocycles. The second-order valence-corrected chi connectivity index (χ2v) is 4.99. The molecule has 0 saturated carbocycles. The number of aryl methyl sites for hydroxylation is 2. The van der Waals surface area contributed by atoms with Crippen molar-refractivity contribution < 1.29 is 0 Å². The van der Waals surface area contributed by atoms with Crippen LogP contribution in [0.25, 0.3) is 11.3 Å². The molecular weight excluding hydrogens is 240 g/mol. The van der Waals surface area contributed by atoms with Gasteiger partial charge in [0, 0.05) is 12.0 Å². The van der Waals surface area contributed by atoms with E-state index in [0.29, 0.717) is 4.64 Å². The molecule has 0 spiro atoms. The van der Waals surface area contributed by atoms with Gasteiger partial charge in [0.05, 0.1) is 5.69 Å². The molecule has 0 aliphatic heterocycles. The number of nitrogens with zero attached hydrogens (tertiary/aromatic N) is 1. The van der Waals surface area contributed by atoms with Crippen LogP contribution in [0.5, 0.6) is 0 Å². The van der Waals surface area contributed by atoms with E-state index in [-0.39, 0.29) is 0 Å². The molecule has 1 N–H and O–H groups in total. The van der Waals surface area contributed by atoms with Crippen molar-refractivity contribution in [2.45, 2.75) is 33.6 Å². The molecule has 2 rings (SSSR count). The number of hydrogen-bond acceptors (Lipinski definition) is 2. The normalized spacial score (nSPS) is 10.6. The minimum Gasteiger partial charge on any atom is -0.343 e. The molecule has 1 heterocycles. The number of hydrogen-bond donors (Lipinski definition) is 1. The third kappa shape index (κ3) is 2.67. The Bertz CT molecular complexity index is 614. The van der Waals surface area contributed by atoms with Gasteiger partial charge in [-0.25, -0.2) is 4.98 Å². The van der Waals surface area contributed by atoms with Gasteiger partial charge in [0.1, 0.15) is 10.5 Å². The van der Waals surface area contributed by atoms with Gasteiger partial charge in [-0.1, -0.05) is 42.9 Å². The van der Waals surface area contributed by atoms with Crippen molar-refractivity contribution in [1.82, 2.24) is 9.97 Å². The van der Waals surface area contributed by atoms with Crippen LogP contribution in [0.2, 0.25) is 0 Å². The zero-order chi connectivity index (χ0) is 13.1. The largest absolute Gasteiger partial charge is 0.343 e. The smallest absolute Gasteiger partial charge is 0.133 e. The fourth-order valence-corrected chi connectivity index (χ4v) is 2.24. The van der Waals surface area contributed by atoms with Crippen molar-refractivity contribution in [3.63, 3.8) is 0 Å². The minimum absolute atomic E-state index is 0.703. The number of aromatic amines is 1. The molecule has 0 aliphatic rings. The van der Waals surface area contributed by atoms with E-state index in [2.05, 4.69) is 48.1 Å². The molecule has 2 nitrogen and oxygen atoms in total. The van der Waals surface area contributed by atoms with Crippen LogP contribution in [0.4, 0.5) is 0 Å². The Kier molecular flexibility index (Phi) is 3.92. The average molecular weight is 258 g/mol. The van der Waals surface area contributed by atoms with E-state index in [4.69, 9.17) is 12.2 Å². The van der Waals surface area contributed by atoms with E-state index in [1.54, 1.807) is 0 Å². The van der Waals surface area contributed by atoms with E-state index in [9.17, 15) is 0 Å². The Morgan fingerprint density at radius 1 is 1.28 bits per heavy atom. The maximum Gasteiger partial charge on any atom is 0.133 e. The Labute approximate surface area is 113 Å². The summed E-state index contributed by atoms with van der Waals surface area (Å²) in [6, 6.07) is 8.45. The molecule has 0 atom stereocenters. The fraction of sp³-hybridized carbons (Fsp3) is 0.333. The lowest BCUT2D eigenvalue weighted by Gasteiger charge is -2.10. The zero-order valence-corrected chi connectivity index (χ0v) is 11.9. The Morgan fingerprint density at radius 2 is 2.06 bits per heavy atom. The molecular formula is C15H18N2S. The van der Waals surface area contributed by atoms with Crippen molar-refractivity contribution in [2.24, 2.45) is 0 Å². The van der Waals surface area contributed by atoms with Crippen LogP contribution in [0, 0.1) is 18.5 Å². The molecule has 0 fully saturated rings. The zero-order valence-electron chi connectivity index (χ0n) is 11.1. The maximum absolute atomic E-state index is 5.34. The van der Waals surface area contributed by atoms with Crippen LogP contribution in [-0.4, -0.2) is 9.97 Å². The third-order valence-corrected chi connectivity index (χ3v) is 3.39. The summed E-state index contributed by atoms with van der Waals surface area (Å²) >= 11 is 5.34. The molecule has 3 heteroatoms. The molecule has 0 unspecified atom stereocenters. The van der Waals surface area contributed by atoms with Crippen molar-refractivity contribution in [2.75, 3.05) is 0 Å². The highest BCUT2D eigenvalue weighted by Crippen LogP contribution is 2.22. The molecule has 0 saturated heterocycles. The second-order valence-electron chi connectivity index (χ2n) is 4.61. The summed E-state index contributed by atoms with van der Waals surface area (Å²) in [5.74, 6) is 0.976. The fourth-order valence-electron chi connectivity index (χ4n) is 2.02. The predicted molar refractivity (Wildman–Crippen MR) is 78.3 cm³/mol. The lowest BCUT2D eigenvalue weighted by molar-refractivity contribution is 0.829. The summed E-state index contributed by atoms with van der Waals surface area (Å²) < 4.78 is 0.703. The number of benzene rings is 1. The van der Waals surface area contributed by atoms with Crippen molar-refractivity contribution in [3.05, 3.63) is 45.9 Å². The van der Waals surface area contributed by atoms with E-state index in [0.717, 1.165) is 29.9 Å². The Morgan fingerprint density at radius 3 is 2.72 bits per heavy atom. The summed E-state index contributed by atoms with van der Waals surface area (Å²) in [4.78, 5) is 7.85. The molecule has 0 radical (unpaired) electrons. The SMILES string of the molecule is CCCc1nc(=S)c(C)c(-c2cccc(C)c2)[nH]1. The van der Waals surface area contributed by atoms with Gasteiger partial charge in [-0.15, -0.1) is 0 Å². The molecule has 0 amide bonds. The number of nitrogens with one attached hydrogen (secondary N) is 1. The van der Waals surface area contributed by atoms with Gasteiger partial charge in [-0.3, -0.25) is 0 Å². The number of H-pyrrole nitrogens is 1. The van der Waals surface area contributed by atoms with Crippen LogP contribution in [0.1, 0.15) is 30.3 Å². The molecule has 94 valence electrons. The summed E-state index contributed by atoms with van der Waals surface area (Å²) in [5.41, 5.74) is 4.58. The van der Waals surface area contributed by atoms with Gasteiger partial charge in [-0.2, -0.15) is 0 Å². The van der Waals surface area contributed by atoms with E-state index < -0.39 is 0 Å². The standard InChI is InChI=1S/C15H18N2S/c1-4-6-13-16-14(11(3)15(18)17-13)12-8-5-7-10(2)9-12/h5,7-9H,4,6H2,1-3H3,(H,16,17,18). The van der Waals surface area contributed by atoms with Crippen molar-refractivity contribution in [3.8, 4) is 11.3 Å². The summed E-state index contributed by atoms with van der Waals surface area (Å²) in [7, 11) is 0. The van der Waals surface area contributed by atoms with Crippen LogP contribution in [0.3, 0.4) is 0 Å². The molecule has 1 aromatic carbocycles. The number of rotatable bonds is 3. The monoisotopic (exact) mass is 258 g/mol. The summed E-state index contributed by atoms with van der Waals surface area (Å²) in [6.45, 7) is 6.27. The highest BCUT2D eigenvalue weighted by molar-refractivity contribution is 7.71. The Hall–Kier alpha value is -1.48. The van der Waals surface area contributed by atoms with Crippen LogP contribution in [-0.2, 0) is 6.42 Å². The average Bonchev–Trinajstić information content (AvgIpc) is 2.34. The van der Waals surface area contributed by atoms with Crippen LogP contribution >= 0.6 is 12.2 Å². The minimum atomic E-state index is 0.703. The van der Waals surface area contributed by atoms with E-state index >= 15 is 0 Å². The summed E-state index contributed by atoms with van der Waals surface area (Å²) in [5, 5.41) is 0.